The lowest BCUT2D eigenvalue weighted by Crippen LogP contribution is -2.54. The molecule has 1 aromatic rings. The number of rotatable bonds is 8. The van der Waals surface area contributed by atoms with Gasteiger partial charge in [0.25, 0.3) is 5.69 Å². The molecule has 138 valence electrons. The van der Waals surface area contributed by atoms with E-state index >= 15 is 0 Å². The molecular formula is C15H21N3O6S. The molecule has 0 aliphatic heterocycles. The van der Waals surface area contributed by atoms with Gasteiger partial charge in [-0.15, -0.1) is 0 Å². The molecule has 0 spiro atoms. The zero-order valence-corrected chi connectivity index (χ0v) is 14.8. The van der Waals surface area contributed by atoms with Gasteiger partial charge in [-0.05, 0) is 31.9 Å². The smallest absolute Gasteiger partial charge is 0.317 e. The van der Waals surface area contributed by atoms with E-state index in [1.165, 1.54) is 19.1 Å². The highest BCUT2D eigenvalue weighted by molar-refractivity contribution is 7.89. The summed E-state index contributed by atoms with van der Waals surface area (Å²) in [6.45, 7) is 3.82. The topological polar surface area (TPSA) is 130 Å². The summed E-state index contributed by atoms with van der Waals surface area (Å²) in [5.74, 6) is -0.929. The standard InChI is InChI=1S/C15H21N3O6S/c1-3-17(9-14(19)20)12-7-11(8-12)16-25(23,24)15-10(2)5-4-6-13(15)18(21)22/h4-6,11-12,16H,3,7-9H2,1-2H3,(H,19,20). The summed E-state index contributed by atoms with van der Waals surface area (Å²) in [6, 6.07) is 3.74. The van der Waals surface area contributed by atoms with Crippen LogP contribution in [-0.4, -0.2) is 54.5 Å². The Labute approximate surface area is 145 Å². The molecule has 10 heteroatoms. The number of carboxylic acids is 1. The van der Waals surface area contributed by atoms with Crippen LogP contribution in [0.25, 0.3) is 0 Å². The fourth-order valence-electron chi connectivity index (χ4n) is 3.06. The molecule has 0 bridgehead atoms. The molecule has 0 saturated heterocycles. The van der Waals surface area contributed by atoms with Gasteiger partial charge in [-0.3, -0.25) is 19.8 Å². The van der Waals surface area contributed by atoms with Gasteiger partial charge in [-0.2, -0.15) is 0 Å². The first-order valence-corrected chi connectivity index (χ1v) is 9.36. The predicted molar refractivity (Wildman–Crippen MR) is 89.8 cm³/mol. The summed E-state index contributed by atoms with van der Waals surface area (Å²) < 4.78 is 27.7. The van der Waals surface area contributed by atoms with Crippen LogP contribution in [0.3, 0.4) is 0 Å². The van der Waals surface area contributed by atoms with Gasteiger partial charge in [0.2, 0.25) is 10.0 Å². The fraction of sp³-hybridized carbons (Fsp3) is 0.533. The van der Waals surface area contributed by atoms with Gasteiger partial charge >= 0.3 is 5.97 Å². The minimum atomic E-state index is -4.03. The number of aryl methyl sites for hydroxylation is 1. The number of carboxylic acid groups (broad SMARTS) is 1. The van der Waals surface area contributed by atoms with Crippen molar-refractivity contribution < 1.29 is 23.2 Å². The Kier molecular flexibility index (Phi) is 5.76. The van der Waals surface area contributed by atoms with E-state index in [9.17, 15) is 23.3 Å². The number of nitro benzene ring substituents is 1. The Balaban J connectivity index is 2.10. The van der Waals surface area contributed by atoms with Crippen LogP contribution in [-0.2, 0) is 14.8 Å². The van der Waals surface area contributed by atoms with E-state index in [0.29, 0.717) is 24.9 Å². The Morgan fingerprint density at radius 2 is 2.08 bits per heavy atom. The average molecular weight is 371 g/mol. The maximum atomic E-state index is 12.6. The molecule has 25 heavy (non-hydrogen) atoms. The number of likely N-dealkylation sites (N-methyl/N-ethyl adjacent to an activating group) is 1. The molecule has 2 N–H and O–H groups in total. The van der Waals surface area contributed by atoms with Gasteiger partial charge in [0.15, 0.2) is 4.90 Å². The highest BCUT2D eigenvalue weighted by Crippen LogP contribution is 2.31. The number of carbonyl (C=O) groups is 1. The molecule has 0 radical (unpaired) electrons. The number of hydrogen-bond acceptors (Lipinski definition) is 6. The predicted octanol–water partition coefficient (Wildman–Crippen LogP) is 1.12. The van der Waals surface area contributed by atoms with Gasteiger partial charge in [-0.1, -0.05) is 19.1 Å². The van der Waals surface area contributed by atoms with Crippen LogP contribution in [0.1, 0.15) is 25.3 Å². The lowest BCUT2D eigenvalue weighted by Gasteiger charge is -2.42. The third kappa shape index (κ3) is 4.33. The monoisotopic (exact) mass is 371 g/mol. The summed E-state index contributed by atoms with van der Waals surface area (Å²) in [5.41, 5.74) is -0.150. The fourth-order valence-corrected chi connectivity index (χ4v) is 4.72. The summed E-state index contributed by atoms with van der Waals surface area (Å²) in [5, 5.41) is 20.0. The van der Waals surface area contributed by atoms with Gasteiger partial charge in [0.1, 0.15) is 0 Å². The van der Waals surface area contributed by atoms with Crippen LogP contribution in [0.15, 0.2) is 23.1 Å². The Morgan fingerprint density at radius 3 is 2.60 bits per heavy atom. The molecule has 0 atom stereocenters. The molecule has 1 saturated carbocycles. The third-order valence-electron chi connectivity index (χ3n) is 4.35. The molecule has 0 amide bonds. The first kappa shape index (κ1) is 19.3. The van der Waals surface area contributed by atoms with E-state index in [1.807, 2.05) is 6.92 Å². The lowest BCUT2D eigenvalue weighted by atomic mass is 9.86. The molecule has 1 fully saturated rings. The molecule has 1 aliphatic carbocycles. The average Bonchev–Trinajstić information content (AvgIpc) is 2.47. The van der Waals surface area contributed by atoms with Gasteiger partial charge in [0, 0.05) is 18.2 Å². The molecular weight excluding hydrogens is 350 g/mol. The second kappa shape index (κ2) is 7.46. The molecule has 0 aromatic heterocycles. The summed E-state index contributed by atoms with van der Waals surface area (Å²) >= 11 is 0. The minimum Gasteiger partial charge on any atom is -0.480 e. The van der Waals surface area contributed by atoms with Crippen molar-refractivity contribution in [3.63, 3.8) is 0 Å². The first-order valence-electron chi connectivity index (χ1n) is 7.88. The molecule has 1 aromatic carbocycles. The summed E-state index contributed by atoms with van der Waals surface area (Å²) in [7, 11) is -4.03. The number of benzene rings is 1. The Hall–Kier alpha value is -2.04. The molecule has 0 unspecified atom stereocenters. The van der Waals surface area contributed by atoms with Gasteiger partial charge in [0.05, 0.1) is 11.5 Å². The Morgan fingerprint density at radius 1 is 1.44 bits per heavy atom. The molecule has 9 nitrogen and oxygen atoms in total. The summed E-state index contributed by atoms with van der Waals surface area (Å²) in [4.78, 5) is 22.7. The van der Waals surface area contributed by atoms with E-state index in [1.54, 1.807) is 4.90 Å². The van der Waals surface area contributed by atoms with Crippen LogP contribution < -0.4 is 4.72 Å². The third-order valence-corrected chi connectivity index (χ3v) is 6.06. The SMILES string of the molecule is CCN(CC(=O)O)C1CC(NS(=O)(=O)c2c(C)cccc2[N+](=O)[O-])C1. The van der Waals surface area contributed by atoms with Crippen LogP contribution in [0.5, 0.6) is 0 Å². The quantitative estimate of drug-likeness (QED) is 0.517. The number of sulfonamides is 1. The van der Waals surface area contributed by atoms with Crippen molar-refractivity contribution in [2.24, 2.45) is 0 Å². The van der Waals surface area contributed by atoms with E-state index in [4.69, 9.17) is 5.11 Å². The number of nitrogens with zero attached hydrogens (tertiary/aromatic N) is 2. The first-order chi connectivity index (χ1) is 11.7. The second-order valence-corrected chi connectivity index (χ2v) is 7.73. The number of hydrogen-bond donors (Lipinski definition) is 2. The Bertz CT molecular complexity index is 773. The van der Waals surface area contributed by atoms with E-state index in [-0.39, 0.29) is 23.5 Å². The summed E-state index contributed by atoms with van der Waals surface area (Å²) in [6.07, 6.45) is 0.945. The zero-order valence-electron chi connectivity index (χ0n) is 14.0. The van der Waals surface area contributed by atoms with Crippen LogP contribution >= 0.6 is 0 Å². The van der Waals surface area contributed by atoms with Crippen molar-refractivity contribution >= 4 is 21.7 Å². The van der Waals surface area contributed by atoms with Gasteiger partial charge < -0.3 is 5.11 Å². The van der Waals surface area contributed by atoms with Crippen molar-refractivity contribution in [1.82, 2.24) is 9.62 Å². The van der Waals surface area contributed by atoms with E-state index in [2.05, 4.69) is 4.72 Å². The molecule has 2 rings (SSSR count). The highest BCUT2D eigenvalue weighted by atomic mass is 32.2. The van der Waals surface area contributed by atoms with Gasteiger partial charge in [-0.25, -0.2) is 13.1 Å². The number of aliphatic carboxylic acids is 1. The minimum absolute atomic E-state index is 0.0133. The lowest BCUT2D eigenvalue weighted by molar-refractivity contribution is -0.387. The van der Waals surface area contributed by atoms with Crippen molar-refractivity contribution in [2.75, 3.05) is 13.1 Å². The number of nitro groups is 1. The second-order valence-electron chi connectivity index (χ2n) is 6.08. The normalized spacial score (nSPS) is 20.3. The van der Waals surface area contributed by atoms with Crippen LogP contribution in [0, 0.1) is 17.0 Å². The van der Waals surface area contributed by atoms with Crippen LogP contribution in [0.2, 0.25) is 0 Å². The van der Waals surface area contributed by atoms with E-state index < -0.39 is 26.6 Å². The maximum Gasteiger partial charge on any atom is 0.317 e. The molecule has 0 heterocycles. The zero-order chi connectivity index (χ0) is 18.8. The largest absolute Gasteiger partial charge is 0.480 e. The van der Waals surface area contributed by atoms with Crippen molar-refractivity contribution in [1.29, 1.82) is 0 Å². The maximum absolute atomic E-state index is 12.6. The van der Waals surface area contributed by atoms with Crippen molar-refractivity contribution in [2.45, 2.75) is 43.7 Å². The van der Waals surface area contributed by atoms with Crippen molar-refractivity contribution in [3.8, 4) is 0 Å². The van der Waals surface area contributed by atoms with Crippen molar-refractivity contribution in [3.05, 3.63) is 33.9 Å². The van der Waals surface area contributed by atoms with E-state index in [0.717, 1.165) is 6.07 Å². The number of nitrogens with one attached hydrogen (secondary N) is 1. The highest BCUT2D eigenvalue weighted by Gasteiger charge is 2.38. The molecule has 1 aliphatic rings. The van der Waals surface area contributed by atoms with Crippen LogP contribution in [0.4, 0.5) is 5.69 Å².